The van der Waals surface area contributed by atoms with Crippen LogP contribution < -0.4 is 10.1 Å². The van der Waals surface area contributed by atoms with Gasteiger partial charge >= 0.3 is 0 Å². The number of nitrogens with zero attached hydrogens (tertiary/aromatic N) is 4. The van der Waals surface area contributed by atoms with Gasteiger partial charge in [0.2, 0.25) is 0 Å². The molecule has 0 radical (unpaired) electrons. The predicted molar refractivity (Wildman–Crippen MR) is 109 cm³/mol. The molecular formula is C21H31N5O. The summed E-state index contributed by atoms with van der Waals surface area (Å²) in [5.41, 5.74) is 2.46. The monoisotopic (exact) mass is 369 g/mol. The molecule has 0 saturated carbocycles. The smallest absolute Gasteiger partial charge is 0.193 e. The average molecular weight is 370 g/mol. The standard InChI is InChI=1S/C21H31N5O/c1-16(2)15-27-20-8-6-5-7-17(20)11-23-21(22-3)26-10-9-18(14-26)19-12-24-25(4)13-19/h5-8,12-13,16,18H,9-11,14-15H2,1-4H3,(H,22,23). The second-order valence-corrected chi connectivity index (χ2v) is 7.59. The molecule has 1 atom stereocenters. The summed E-state index contributed by atoms with van der Waals surface area (Å²) in [7, 11) is 3.82. The van der Waals surface area contributed by atoms with Crippen molar-refractivity contribution in [3.63, 3.8) is 0 Å². The molecule has 0 bridgehead atoms. The van der Waals surface area contributed by atoms with E-state index in [1.165, 1.54) is 5.56 Å². The number of aliphatic imine (C=N–C) groups is 1. The molecule has 146 valence electrons. The summed E-state index contributed by atoms with van der Waals surface area (Å²) >= 11 is 0. The first kappa shape index (κ1) is 19.3. The van der Waals surface area contributed by atoms with Gasteiger partial charge in [-0.3, -0.25) is 9.67 Å². The molecule has 6 nitrogen and oxygen atoms in total. The van der Waals surface area contributed by atoms with Crippen LogP contribution in [0, 0.1) is 5.92 Å². The molecule has 0 spiro atoms. The van der Waals surface area contributed by atoms with Crippen molar-refractivity contribution in [3.8, 4) is 5.75 Å². The van der Waals surface area contributed by atoms with Gasteiger partial charge in [0.15, 0.2) is 5.96 Å². The van der Waals surface area contributed by atoms with E-state index in [0.717, 1.165) is 43.4 Å². The van der Waals surface area contributed by atoms with Gasteiger partial charge in [0.1, 0.15) is 5.75 Å². The van der Waals surface area contributed by atoms with Gasteiger partial charge in [0, 0.05) is 51.4 Å². The van der Waals surface area contributed by atoms with E-state index in [9.17, 15) is 0 Å². The summed E-state index contributed by atoms with van der Waals surface area (Å²) in [5.74, 6) is 2.91. The van der Waals surface area contributed by atoms with E-state index in [2.05, 4.69) is 52.5 Å². The quantitative estimate of drug-likeness (QED) is 0.628. The van der Waals surface area contributed by atoms with Crippen LogP contribution in [0.25, 0.3) is 0 Å². The second-order valence-electron chi connectivity index (χ2n) is 7.59. The Morgan fingerprint density at radius 2 is 2.19 bits per heavy atom. The minimum Gasteiger partial charge on any atom is -0.493 e. The highest BCUT2D eigenvalue weighted by atomic mass is 16.5. The van der Waals surface area contributed by atoms with Crippen molar-refractivity contribution in [2.75, 3.05) is 26.7 Å². The fourth-order valence-corrected chi connectivity index (χ4v) is 3.43. The number of aromatic nitrogens is 2. The fourth-order valence-electron chi connectivity index (χ4n) is 3.43. The summed E-state index contributed by atoms with van der Waals surface area (Å²) < 4.78 is 7.84. The SMILES string of the molecule is CN=C(NCc1ccccc1OCC(C)C)N1CCC(c2cnn(C)c2)C1. The zero-order chi connectivity index (χ0) is 19.2. The molecule has 1 saturated heterocycles. The van der Waals surface area contributed by atoms with Crippen LogP contribution in [0.1, 0.15) is 37.3 Å². The lowest BCUT2D eigenvalue weighted by molar-refractivity contribution is 0.268. The maximum atomic E-state index is 5.96. The molecule has 1 fully saturated rings. The highest BCUT2D eigenvalue weighted by Crippen LogP contribution is 2.27. The molecule has 6 heteroatoms. The summed E-state index contributed by atoms with van der Waals surface area (Å²) in [5, 5.41) is 7.81. The van der Waals surface area contributed by atoms with E-state index < -0.39 is 0 Å². The summed E-state index contributed by atoms with van der Waals surface area (Å²) in [4.78, 5) is 6.82. The molecule has 0 aliphatic carbocycles. The van der Waals surface area contributed by atoms with Gasteiger partial charge in [-0.05, 0) is 24.0 Å². The van der Waals surface area contributed by atoms with Crippen molar-refractivity contribution < 1.29 is 4.74 Å². The van der Waals surface area contributed by atoms with Gasteiger partial charge in [-0.1, -0.05) is 32.0 Å². The molecule has 1 N–H and O–H groups in total. The Morgan fingerprint density at radius 1 is 1.37 bits per heavy atom. The zero-order valence-corrected chi connectivity index (χ0v) is 16.9. The van der Waals surface area contributed by atoms with Gasteiger partial charge < -0.3 is 15.0 Å². The Balaban J connectivity index is 1.59. The molecule has 1 aromatic carbocycles. The third-order valence-corrected chi connectivity index (χ3v) is 4.88. The maximum absolute atomic E-state index is 5.96. The Hall–Kier alpha value is -2.50. The van der Waals surface area contributed by atoms with Gasteiger partial charge in [-0.15, -0.1) is 0 Å². The topological polar surface area (TPSA) is 54.7 Å². The van der Waals surface area contributed by atoms with Gasteiger partial charge in [0.25, 0.3) is 0 Å². The fraction of sp³-hybridized carbons (Fsp3) is 0.524. The van der Waals surface area contributed by atoms with Gasteiger partial charge in [0.05, 0.1) is 12.8 Å². The molecule has 0 amide bonds. The van der Waals surface area contributed by atoms with E-state index >= 15 is 0 Å². The Kier molecular flexibility index (Phi) is 6.37. The van der Waals surface area contributed by atoms with Crippen molar-refractivity contribution in [1.82, 2.24) is 20.0 Å². The van der Waals surface area contributed by atoms with Crippen molar-refractivity contribution in [2.45, 2.75) is 32.7 Å². The largest absolute Gasteiger partial charge is 0.493 e. The summed E-state index contributed by atoms with van der Waals surface area (Å²) in [6.07, 6.45) is 5.22. The number of para-hydroxylation sites is 1. The normalized spacial score (nSPS) is 17.6. The van der Waals surface area contributed by atoms with Crippen molar-refractivity contribution in [2.24, 2.45) is 18.0 Å². The first-order valence-electron chi connectivity index (χ1n) is 9.71. The molecule has 3 rings (SSSR count). The van der Waals surface area contributed by atoms with Crippen LogP contribution in [0.4, 0.5) is 0 Å². The maximum Gasteiger partial charge on any atom is 0.193 e. The number of rotatable bonds is 6. The molecule has 2 aromatic rings. The van der Waals surface area contributed by atoms with E-state index in [0.29, 0.717) is 18.4 Å². The number of nitrogens with one attached hydrogen (secondary N) is 1. The van der Waals surface area contributed by atoms with E-state index in [-0.39, 0.29) is 0 Å². The number of likely N-dealkylation sites (tertiary alicyclic amines) is 1. The number of hydrogen-bond acceptors (Lipinski definition) is 3. The van der Waals surface area contributed by atoms with Gasteiger partial charge in [-0.25, -0.2) is 0 Å². The van der Waals surface area contributed by atoms with Crippen LogP contribution >= 0.6 is 0 Å². The number of guanidine groups is 1. The zero-order valence-electron chi connectivity index (χ0n) is 16.9. The lowest BCUT2D eigenvalue weighted by atomic mass is 10.0. The van der Waals surface area contributed by atoms with Crippen molar-refractivity contribution in [3.05, 3.63) is 47.8 Å². The first-order valence-corrected chi connectivity index (χ1v) is 9.71. The lowest BCUT2D eigenvalue weighted by Gasteiger charge is -2.22. The molecule has 1 aliphatic rings. The third kappa shape index (κ3) is 5.02. The molecule has 2 heterocycles. The van der Waals surface area contributed by atoms with Crippen LogP contribution in [0.2, 0.25) is 0 Å². The average Bonchev–Trinajstić information content (AvgIpc) is 3.30. The highest BCUT2D eigenvalue weighted by Gasteiger charge is 2.26. The van der Waals surface area contributed by atoms with E-state index in [4.69, 9.17) is 4.74 Å². The molecule has 1 aliphatic heterocycles. The van der Waals surface area contributed by atoms with Gasteiger partial charge in [-0.2, -0.15) is 5.10 Å². The summed E-state index contributed by atoms with van der Waals surface area (Å²) in [6.45, 7) is 7.73. The Bertz CT molecular complexity index is 767. The van der Waals surface area contributed by atoms with Crippen LogP contribution in [0.5, 0.6) is 5.75 Å². The summed E-state index contributed by atoms with van der Waals surface area (Å²) in [6, 6.07) is 8.22. The molecule has 27 heavy (non-hydrogen) atoms. The predicted octanol–water partition coefficient (Wildman–Crippen LogP) is 3.02. The molecular weight excluding hydrogens is 338 g/mol. The van der Waals surface area contributed by atoms with Crippen molar-refractivity contribution in [1.29, 1.82) is 0 Å². The minimum absolute atomic E-state index is 0.507. The second kappa shape index (κ2) is 8.93. The number of benzene rings is 1. The van der Waals surface area contributed by atoms with Crippen LogP contribution in [-0.2, 0) is 13.6 Å². The van der Waals surface area contributed by atoms with E-state index in [1.54, 1.807) is 0 Å². The van der Waals surface area contributed by atoms with E-state index in [1.807, 2.05) is 37.1 Å². The first-order chi connectivity index (χ1) is 13.1. The Morgan fingerprint density at radius 3 is 2.89 bits per heavy atom. The van der Waals surface area contributed by atoms with Crippen LogP contribution in [0.3, 0.4) is 0 Å². The number of hydrogen-bond donors (Lipinski definition) is 1. The molecule has 1 aromatic heterocycles. The van der Waals surface area contributed by atoms with Crippen molar-refractivity contribution >= 4 is 5.96 Å². The number of aryl methyl sites for hydroxylation is 1. The van der Waals surface area contributed by atoms with Crippen LogP contribution in [0.15, 0.2) is 41.7 Å². The highest BCUT2D eigenvalue weighted by molar-refractivity contribution is 5.80. The lowest BCUT2D eigenvalue weighted by Crippen LogP contribution is -2.39. The van der Waals surface area contributed by atoms with Crippen LogP contribution in [-0.4, -0.2) is 47.4 Å². The molecule has 1 unspecified atom stereocenters. The number of ether oxygens (including phenoxy) is 1. The Labute approximate surface area is 162 Å². The third-order valence-electron chi connectivity index (χ3n) is 4.88. The minimum atomic E-state index is 0.507.